The van der Waals surface area contributed by atoms with Gasteiger partial charge in [0.25, 0.3) is 0 Å². The van der Waals surface area contributed by atoms with Gasteiger partial charge in [-0.25, -0.2) is 0 Å². The van der Waals surface area contributed by atoms with Crippen molar-refractivity contribution in [3.63, 3.8) is 0 Å². The summed E-state index contributed by atoms with van der Waals surface area (Å²) in [4.78, 5) is 1.18. The average molecular weight is 312 g/mol. The Balaban J connectivity index is 2.17. The van der Waals surface area contributed by atoms with Crippen LogP contribution in [0.25, 0.3) is 0 Å². The molecule has 1 aromatic carbocycles. The Morgan fingerprint density at radius 1 is 1.41 bits per heavy atom. The number of H-pyrrole nitrogens is 1. The highest BCUT2D eigenvalue weighted by Gasteiger charge is 2.34. The summed E-state index contributed by atoms with van der Waals surface area (Å²) in [6, 6.07) is 10.4. The van der Waals surface area contributed by atoms with E-state index in [1.165, 1.54) is 4.90 Å². The Hall–Kier alpha value is -2.39. The standard InChI is InChI=1S/C16H16N4OS/c1-3-12-14-13(9-4-6-10(22-2)7-5-9)11(8-17)15(18)21-16(14)20-19-12/h4-7,13H,3,18H2,1-2H3,(H,19,20)/t13-/m0/s1. The van der Waals surface area contributed by atoms with Crippen molar-refractivity contribution in [3.05, 3.63) is 52.5 Å². The van der Waals surface area contributed by atoms with Crippen molar-refractivity contribution in [2.24, 2.45) is 5.73 Å². The molecular weight excluding hydrogens is 296 g/mol. The molecule has 6 heteroatoms. The molecule has 1 atom stereocenters. The Kier molecular flexibility index (Phi) is 3.82. The zero-order chi connectivity index (χ0) is 15.7. The number of benzene rings is 1. The molecule has 0 bridgehead atoms. The molecule has 2 aromatic rings. The third-order valence-corrected chi connectivity index (χ3v) is 4.56. The number of nitrogens with zero attached hydrogens (tertiary/aromatic N) is 2. The molecule has 1 aromatic heterocycles. The molecule has 5 nitrogen and oxygen atoms in total. The zero-order valence-corrected chi connectivity index (χ0v) is 13.2. The van der Waals surface area contributed by atoms with Crippen LogP contribution in [-0.4, -0.2) is 16.5 Å². The predicted molar refractivity (Wildman–Crippen MR) is 85.5 cm³/mol. The van der Waals surface area contributed by atoms with E-state index in [-0.39, 0.29) is 11.8 Å². The van der Waals surface area contributed by atoms with Gasteiger partial charge >= 0.3 is 0 Å². The third-order valence-electron chi connectivity index (χ3n) is 3.82. The monoisotopic (exact) mass is 312 g/mol. The van der Waals surface area contributed by atoms with E-state index in [0.29, 0.717) is 11.5 Å². The van der Waals surface area contributed by atoms with Gasteiger partial charge in [0.1, 0.15) is 11.6 Å². The van der Waals surface area contributed by atoms with Crippen molar-refractivity contribution in [2.45, 2.75) is 24.2 Å². The molecule has 0 radical (unpaired) electrons. The van der Waals surface area contributed by atoms with Crippen LogP contribution in [0, 0.1) is 11.3 Å². The largest absolute Gasteiger partial charge is 0.420 e. The fraction of sp³-hybridized carbons (Fsp3) is 0.250. The highest BCUT2D eigenvalue weighted by atomic mass is 32.2. The maximum Gasteiger partial charge on any atom is 0.244 e. The highest BCUT2D eigenvalue weighted by molar-refractivity contribution is 7.98. The van der Waals surface area contributed by atoms with Crippen LogP contribution in [0.15, 0.2) is 40.6 Å². The molecule has 0 aliphatic carbocycles. The zero-order valence-electron chi connectivity index (χ0n) is 12.4. The van der Waals surface area contributed by atoms with Crippen LogP contribution in [0.2, 0.25) is 0 Å². The Bertz CT molecular complexity index is 770. The molecule has 3 N–H and O–H groups in total. The van der Waals surface area contributed by atoms with Crippen LogP contribution in [0.3, 0.4) is 0 Å². The van der Waals surface area contributed by atoms with Crippen molar-refractivity contribution in [3.8, 4) is 11.9 Å². The molecule has 0 spiro atoms. The number of nitrogens with two attached hydrogens (primary N) is 1. The molecule has 0 amide bonds. The van der Waals surface area contributed by atoms with Crippen molar-refractivity contribution >= 4 is 11.8 Å². The number of aryl methyl sites for hydroxylation is 1. The van der Waals surface area contributed by atoms with E-state index in [0.717, 1.165) is 23.2 Å². The lowest BCUT2D eigenvalue weighted by molar-refractivity contribution is 0.378. The van der Waals surface area contributed by atoms with Gasteiger partial charge in [-0.2, -0.15) is 5.26 Å². The van der Waals surface area contributed by atoms with Crippen molar-refractivity contribution in [1.82, 2.24) is 10.2 Å². The summed E-state index contributed by atoms with van der Waals surface area (Å²) >= 11 is 1.68. The molecule has 3 rings (SSSR count). The summed E-state index contributed by atoms with van der Waals surface area (Å²) < 4.78 is 5.50. The highest BCUT2D eigenvalue weighted by Crippen LogP contribution is 2.43. The second kappa shape index (κ2) is 5.78. The SMILES string of the molecule is CCc1[nH]nc2c1[C@@H](c1ccc(SC)cc1)C(C#N)=C(N)O2. The fourth-order valence-electron chi connectivity index (χ4n) is 2.71. The van der Waals surface area contributed by atoms with Gasteiger partial charge in [-0.1, -0.05) is 19.1 Å². The van der Waals surface area contributed by atoms with Crippen LogP contribution in [0.5, 0.6) is 5.88 Å². The summed E-state index contributed by atoms with van der Waals surface area (Å²) in [6.45, 7) is 2.04. The van der Waals surface area contributed by atoms with Gasteiger partial charge < -0.3 is 10.5 Å². The minimum Gasteiger partial charge on any atom is -0.420 e. The normalized spacial score (nSPS) is 16.9. The smallest absolute Gasteiger partial charge is 0.244 e. The first kappa shape index (κ1) is 14.5. The number of hydrogen-bond donors (Lipinski definition) is 2. The number of thioether (sulfide) groups is 1. The first-order valence-corrected chi connectivity index (χ1v) is 8.20. The lowest BCUT2D eigenvalue weighted by Crippen LogP contribution is -2.21. The number of aromatic nitrogens is 2. The van der Waals surface area contributed by atoms with E-state index in [2.05, 4.69) is 16.3 Å². The number of aromatic amines is 1. The van der Waals surface area contributed by atoms with Crippen LogP contribution >= 0.6 is 11.8 Å². The number of nitriles is 1. The lowest BCUT2D eigenvalue weighted by Gasteiger charge is -2.24. The molecule has 22 heavy (non-hydrogen) atoms. The first-order chi connectivity index (χ1) is 10.7. The second-order valence-corrected chi connectivity index (χ2v) is 5.85. The molecule has 1 aliphatic heterocycles. The minimum absolute atomic E-state index is 0.128. The number of ether oxygens (including phenoxy) is 1. The number of fused-ring (bicyclic) bond motifs is 1. The van der Waals surface area contributed by atoms with Gasteiger partial charge in [0.2, 0.25) is 11.8 Å². The average Bonchev–Trinajstić information content (AvgIpc) is 2.96. The van der Waals surface area contributed by atoms with Gasteiger partial charge in [0, 0.05) is 16.2 Å². The van der Waals surface area contributed by atoms with Crippen molar-refractivity contribution in [1.29, 1.82) is 5.26 Å². The Morgan fingerprint density at radius 3 is 2.73 bits per heavy atom. The van der Waals surface area contributed by atoms with Crippen molar-refractivity contribution in [2.75, 3.05) is 6.26 Å². The topological polar surface area (TPSA) is 87.7 Å². The molecule has 0 saturated carbocycles. The van der Waals surface area contributed by atoms with E-state index in [1.807, 2.05) is 37.4 Å². The quantitative estimate of drug-likeness (QED) is 0.851. The molecule has 0 fully saturated rings. The van der Waals surface area contributed by atoms with Gasteiger partial charge in [0.15, 0.2) is 0 Å². The Labute approximate surface area is 133 Å². The maximum atomic E-state index is 9.52. The first-order valence-electron chi connectivity index (χ1n) is 6.98. The summed E-state index contributed by atoms with van der Waals surface area (Å²) in [7, 11) is 0. The number of hydrogen-bond acceptors (Lipinski definition) is 5. The molecule has 0 saturated heterocycles. The lowest BCUT2D eigenvalue weighted by atomic mass is 9.84. The molecule has 112 valence electrons. The van der Waals surface area contributed by atoms with E-state index in [4.69, 9.17) is 10.5 Å². The number of allylic oxidation sites excluding steroid dienone is 1. The van der Waals surface area contributed by atoms with Gasteiger partial charge in [-0.05, 0) is 30.4 Å². The fourth-order valence-corrected chi connectivity index (χ4v) is 3.12. The number of nitrogens with one attached hydrogen (secondary N) is 1. The van der Waals surface area contributed by atoms with Gasteiger partial charge in [0.05, 0.1) is 5.92 Å². The number of rotatable bonds is 3. The summed E-state index contributed by atoms with van der Waals surface area (Å²) in [5.74, 6) is 0.355. The predicted octanol–water partition coefficient (Wildman–Crippen LogP) is 2.91. The summed E-state index contributed by atoms with van der Waals surface area (Å²) in [6.07, 6.45) is 2.81. The van der Waals surface area contributed by atoms with Gasteiger partial charge in [-0.3, -0.25) is 5.10 Å². The summed E-state index contributed by atoms with van der Waals surface area (Å²) in [5.41, 5.74) is 9.23. The van der Waals surface area contributed by atoms with E-state index < -0.39 is 0 Å². The van der Waals surface area contributed by atoms with Crippen LogP contribution in [-0.2, 0) is 6.42 Å². The third kappa shape index (κ3) is 2.24. The molecule has 0 unspecified atom stereocenters. The molecule has 2 heterocycles. The van der Waals surface area contributed by atoms with Gasteiger partial charge in [-0.15, -0.1) is 16.9 Å². The second-order valence-electron chi connectivity index (χ2n) is 4.97. The van der Waals surface area contributed by atoms with Crippen LogP contribution in [0.1, 0.15) is 29.7 Å². The summed E-state index contributed by atoms with van der Waals surface area (Å²) in [5, 5.41) is 16.7. The van der Waals surface area contributed by atoms with Crippen LogP contribution in [0.4, 0.5) is 0 Å². The van der Waals surface area contributed by atoms with E-state index in [1.54, 1.807) is 11.8 Å². The maximum absolute atomic E-state index is 9.52. The van der Waals surface area contributed by atoms with E-state index >= 15 is 0 Å². The van der Waals surface area contributed by atoms with Crippen LogP contribution < -0.4 is 10.5 Å². The Morgan fingerprint density at radius 2 is 2.14 bits per heavy atom. The molecule has 1 aliphatic rings. The molecular formula is C16H16N4OS. The minimum atomic E-state index is -0.238. The van der Waals surface area contributed by atoms with Crippen molar-refractivity contribution < 1.29 is 4.74 Å². The van der Waals surface area contributed by atoms with E-state index in [9.17, 15) is 5.26 Å².